The highest BCUT2D eigenvalue weighted by Crippen LogP contribution is 2.39. The number of benzene rings is 3. The molecule has 2 aliphatic heterocycles. The van der Waals surface area contributed by atoms with E-state index in [0.29, 0.717) is 44.4 Å². The normalized spacial score (nSPS) is 16.8. The maximum absolute atomic E-state index is 14.3. The maximum Gasteiger partial charge on any atom is 0.338 e. The topological polar surface area (TPSA) is 108 Å². The Kier molecular flexibility index (Phi) is 7.29. The SMILES string of the molecule is CCOC(=O)C1=C(c2ccccc2)N=c2s/c(=C3\C(=O)Nc4ccc(Br)cc43)c(=O)n2[C@@H]1c1ccc(OC)c(OC)c1. The van der Waals surface area contributed by atoms with Crippen molar-refractivity contribution < 1.29 is 23.8 Å². The number of carbonyl (C=O) groups excluding carboxylic acids is 2. The summed E-state index contributed by atoms with van der Waals surface area (Å²) in [6, 6.07) is 18.9. The van der Waals surface area contributed by atoms with Crippen molar-refractivity contribution in [1.29, 1.82) is 0 Å². The molecule has 4 aromatic rings. The average Bonchev–Trinajstić information content (AvgIpc) is 3.50. The van der Waals surface area contributed by atoms with Crippen molar-refractivity contribution in [3.63, 3.8) is 0 Å². The molecular weight excluding hydrogens is 622 g/mol. The van der Waals surface area contributed by atoms with Gasteiger partial charge >= 0.3 is 5.97 Å². The number of rotatable bonds is 6. The molecule has 0 saturated carbocycles. The van der Waals surface area contributed by atoms with Crippen molar-refractivity contribution in [3.05, 3.63) is 113 Å². The molecule has 212 valence electrons. The number of aromatic nitrogens is 1. The van der Waals surface area contributed by atoms with Crippen LogP contribution in [0.2, 0.25) is 0 Å². The van der Waals surface area contributed by atoms with Crippen LogP contribution in [0.5, 0.6) is 11.5 Å². The molecule has 3 heterocycles. The first-order valence-corrected chi connectivity index (χ1v) is 14.6. The molecule has 0 saturated heterocycles. The number of amides is 1. The summed E-state index contributed by atoms with van der Waals surface area (Å²) in [4.78, 5) is 46.4. The van der Waals surface area contributed by atoms with Crippen LogP contribution >= 0.6 is 27.3 Å². The fraction of sp³-hybridized carbons (Fsp3) is 0.161. The molecule has 9 nitrogen and oxygen atoms in total. The summed E-state index contributed by atoms with van der Waals surface area (Å²) in [5.74, 6) is -0.0735. The van der Waals surface area contributed by atoms with Crippen molar-refractivity contribution in [3.8, 4) is 11.5 Å². The average molecular weight is 647 g/mol. The quantitative estimate of drug-likeness (QED) is 0.317. The van der Waals surface area contributed by atoms with E-state index in [-0.39, 0.29) is 28.2 Å². The van der Waals surface area contributed by atoms with Gasteiger partial charge in [-0.05, 0) is 42.8 Å². The van der Waals surface area contributed by atoms with Gasteiger partial charge in [-0.1, -0.05) is 63.7 Å². The largest absolute Gasteiger partial charge is 0.493 e. The third-order valence-corrected chi connectivity index (χ3v) is 8.57. The number of methoxy groups -OCH3 is 2. The summed E-state index contributed by atoms with van der Waals surface area (Å²) in [5, 5.41) is 2.85. The number of hydrogen-bond acceptors (Lipinski definition) is 8. The van der Waals surface area contributed by atoms with Gasteiger partial charge in [-0.15, -0.1) is 0 Å². The van der Waals surface area contributed by atoms with E-state index < -0.39 is 17.6 Å². The third-order valence-electron chi connectivity index (χ3n) is 7.03. The van der Waals surface area contributed by atoms with E-state index in [9.17, 15) is 14.4 Å². The lowest BCUT2D eigenvalue weighted by atomic mass is 9.93. The van der Waals surface area contributed by atoms with Crippen LogP contribution in [0, 0.1) is 0 Å². The number of halogens is 1. The number of hydrogen-bond donors (Lipinski definition) is 1. The Morgan fingerprint density at radius 3 is 2.50 bits per heavy atom. The highest BCUT2D eigenvalue weighted by atomic mass is 79.9. The molecule has 42 heavy (non-hydrogen) atoms. The van der Waals surface area contributed by atoms with Gasteiger partial charge in [0, 0.05) is 21.3 Å². The smallest absolute Gasteiger partial charge is 0.338 e. The van der Waals surface area contributed by atoms with E-state index in [2.05, 4.69) is 21.2 Å². The van der Waals surface area contributed by atoms with Gasteiger partial charge in [0.1, 0.15) is 4.53 Å². The highest BCUT2D eigenvalue weighted by Gasteiger charge is 2.37. The van der Waals surface area contributed by atoms with Crippen LogP contribution in [0.15, 0.2) is 86.6 Å². The summed E-state index contributed by atoms with van der Waals surface area (Å²) in [7, 11) is 3.04. The van der Waals surface area contributed by atoms with Crippen molar-refractivity contribution in [2.24, 2.45) is 4.99 Å². The van der Waals surface area contributed by atoms with Gasteiger partial charge in [0.25, 0.3) is 11.5 Å². The molecule has 1 atom stereocenters. The van der Waals surface area contributed by atoms with Gasteiger partial charge in [-0.2, -0.15) is 0 Å². The lowest BCUT2D eigenvalue weighted by Crippen LogP contribution is -2.40. The first-order chi connectivity index (χ1) is 20.4. The van der Waals surface area contributed by atoms with E-state index in [0.717, 1.165) is 15.8 Å². The minimum Gasteiger partial charge on any atom is -0.493 e. The second-order valence-electron chi connectivity index (χ2n) is 9.39. The molecule has 1 amide bonds. The van der Waals surface area contributed by atoms with Crippen LogP contribution < -0.4 is 29.7 Å². The van der Waals surface area contributed by atoms with Crippen molar-refractivity contribution in [1.82, 2.24) is 4.57 Å². The fourth-order valence-electron chi connectivity index (χ4n) is 5.19. The van der Waals surface area contributed by atoms with E-state index in [1.807, 2.05) is 36.4 Å². The molecular formula is C31H24BrN3O6S. The van der Waals surface area contributed by atoms with E-state index in [1.54, 1.807) is 37.3 Å². The number of carbonyl (C=O) groups is 2. The predicted molar refractivity (Wildman–Crippen MR) is 162 cm³/mol. The zero-order valence-corrected chi connectivity index (χ0v) is 25.2. The maximum atomic E-state index is 14.3. The molecule has 0 aliphatic carbocycles. The fourth-order valence-corrected chi connectivity index (χ4v) is 6.65. The summed E-state index contributed by atoms with van der Waals surface area (Å²) in [6.45, 7) is 1.85. The number of anilines is 1. The van der Waals surface area contributed by atoms with Crippen LogP contribution in [-0.2, 0) is 14.3 Å². The molecule has 11 heteroatoms. The van der Waals surface area contributed by atoms with Crippen LogP contribution in [0.25, 0.3) is 11.3 Å². The third kappa shape index (κ3) is 4.54. The minimum atomic E-state index is -0.934. The van der Waals surface area contributed by atoms with Gasteiger partial charge in [0.05, 0.1) is 43.7 Å². The summed E-state index contributed by atoms with van der Waals surface area (Å²) < 4.78 is 19.0. The first kappa shape index (κ1) is 27.7. The van der Waals surface area contributed by atoms with Crippen LogP contribution in [-0.4, -0.2) is 37.3 Å². The summed E-state index contributed by atoms with van der Waals surface area (Å²) in [6.07, 6.45) is 0. The molecule has 0 radical (unpaired) electrons. The molecule has 1 aromatic heterocycles. The Hall–Kier alpha value is -4.48. The van der Waals surface area contributed by atoms with Crippen molar-refractivity contribution in [2.75, 3.05) is 26.1 Å². The number of thiazole rings is 1. The van der Waals surface area contributed by atoms with Crippen molar-refractivity contribution in [2.45, 2.75) is 13.0 Å². The molecule has 0 unspecified atom stereocenters. The lowest BCUT2D eigenvalue weighted by Gasteiger charge is -2.26. The Bertz CT molecular complexity index is 1980. The monoisotopic (exact) mass is 645 g/mol. The number of nitrogens with zero attached hydrogens (tertiary/aromatic N) is 2. The molecule has 0 bridgehead atoms. The highest BCUT2D eigenvalue weighted by molar-refractivity contribution is 9.10. The van der Waals surface area contributed by atoms with Gasteiger partial charge in [0.15, 0.2) is 16.3 Å². The number of fused-ring (bicyclic) bond motifs is 2. The van der Waals surface area contributed by atoms with Crippen LogP contribution in [0.3, 0.4) is 0 Å². The second kappa shape index (κ2) is 11.1. The number of ether oxygens (including phenoxy) is 3. The van der Waals surface area contributed by atoms with Gasteiger partial charge in [-0.3, -0.25) is 14.2 Å². The molecule has 2 aliphatic rings. The molecule has 0 spiro atoms. The van der Waals surface area contributed by atoms with E-state index >= 15 is 0 Å². The molecule has 6 rings (SSSR count). The molecule has 1 N–H and O–H groups in total. The van der Waals surface area contributed by atoms with Gasteiger partial charge in [-0.25, -0.2) is 9.79 Å². The first-order valence-electron chi connectivity index (χ1n) is 13.0. The Balaban J connectivity index is 1.72. The Morgan fingerprint density at radius 2 is 1.79 bits per heavy atom. The van der Waals surface area contributed by atoms with Crippen LogP contribution in [0.4, 0.5) is 5.69 Å². The van der Waals surface area contributed by atoms with E-state index in [4.69, 9.17) is 19.2 Å². The lowest BCUT2D eigenvalue weighted by molar-refractivity contribution is -0.138. The Labute approximate surface area is 252 Å². The minimum absolute atomic E-state index is 0.128. The zero-order chi connectivity index (χ0) is 29.5. The van der Waals surface area contributed by atoms with Crippen LogP contribution in [0.1, 0.15) is 29.7 Å². The number of nitrogens with one attached hydrogen (secondary N) is 1. The summed E-state index contributed by atoms with van der Waals surface area (Å²) in [5.41, 5.74) is 2.85. The Morgan fingerprint density at radius 1 is 1.02 bits per heavy atom. The predicted octanol–water partition coefficient (Wildman–Crippen LogP) is 4.04. The van der Waals surface area contributed by atoms with E-state index in [1.165, 1.54) is 18.8 Å². The van der Waals surface area contributed by atoms with Gasteiger partial charge < -0.3 is 19.5 Å². The van der Waals surface area contributed by atoms with Crippen molar-refractivity contribution >= 4 is 56.1 Å². The van der Waals surface area contributed by atoms with Gasteiger partial charge in [0.2, 0.25) is 0 Å². The standard InChI is InChI=1S/C31H24BrN3O6S/c1-4-41-30(38)24-25(16-8-6-5-7-9-16)34-31-35(26(24)17-10-13-21(39-2)22(14-17)40-3)29(37)27(42-31)23-19-15-18(32)11-12-20(19)33-28(23)36/h5-15,26H,4H2,1-3H3,(H,33,36)/b27-23-/t26-/m1/s1. The molecule has 3 aromatic carbocycles. The molecule has 0 fully saturated rings. The summed E-state index contributed by atoms with van der Waals surface area (Å²) >= 11 is 4.57. The number of esters is 1. The zero-order valence-electron chi connectivity index (χ0n) is 22.8. The second-order valence-corrected chi connectivity index (χ2v) is 11.3.